The molecule has 0 saturated heterocycles. The normalized spacial score (nSPS) is 14.1. The van der Waals surface area contributed by atoms with Crippen molar-refractivity contribution in [3.8, 4) is 0 Å². The summed E-state index contributed by atoms with van der Waals surface area (Å²) >= 11 is 13.5. The minimum absolute atomic E-state index is 0.0192. The van der Waals surface area contributed by atoms with Gasteiger partial charge in [0.05, 0.1) is 11.6 Å². The molecule has 0 aliphatic heterocycles. The van der Waals surface area contributed by atoms with E-state index in [4.69, 9.17) is 23.2 Å². The number of thioether (sulfide) groups is 1. The average molecular weight is 315 g/mol. The van der Waals surface area contributed by atoms with Gasteiger partial charge in [-0.1, -0.05) is 47.1 Å². The van der Waals surface area contributed by atoms with Crippen molar-refractivity contribution in [2.24, 2.45) is 0 Å². The number of hydrogen-bond acceptors (Lipinski definition) is 3. The Morgan fingerprint density at radius 3 is 2.58 bits per heavy atom. The van der Waals surface area contributed by atoms with Gasteiger partial charge in [-0.3, -0.25) is 4.79 Å². The molecule has 2 aromatic rings. The first kappa shape index (κ1) is 14.4. The van der Waals surface area contributed by atoms with Gasteiger partial charge in [-0.2, -0.15) is 0 Å². The summed E-state index contributed by atoms with van der Waals surface area (Å²) in [5.74, 6) is 0. The smallest absolute Gasteiger partial charge is 0.186 e. The summed E-state index contributed by atoms with van der Waals surface area (Å²) in [5.41, 5.74) is 0.566. The highest BCUT2D eigenvalue weighted by Crippen LogP contribution is 2.41. The Morgan fingerprint density at radius 1 is 1.37 bits per heavy atom. The first-order chi connectivity index (χ1) is 9.08. The summed E-state index contributed by atoms with van der Waals surface area (Å²) in [7, 11) is 0. The molecule has 0 aliphatic rings. The summed E-state index contributed by atoms with van der Waals surface area (Å²) < 4.78 is 1.77. The molecular weight excluding hydrogens is 303 g/mol. The molecule has 0 N–H and O–H groups in total. The standard InChI is InChI=1S/C13H12Cl2N2OS/c1-9(18)19-12(10-2-4-11(14)5-3-10)13(15)17-7-6-16-8-17/h2-8,12-13H,1H3. The zero-order valence-corrected chi connectivity index (χ0v) is 12.5. The molecule has 0 saturated carbocycles. The van der Waals surface area contributed by atoms with Crippen molar-refractivity contribution in [3.63, 3.8) is 0 Å². The van der Waals surface area contributed by atoms with Crippen LogP contribution in [0.25, 0.3) is 0 Å². The van der Waals surface area contributed by atoms with E-state index < -0.39 is 5.50 Å². The molecule has 0 aliphatic carbocycles. The Balaban J connectivity index is 2.30. The third-order valence-electron chi connectivity index (χ3n) is 2.55. The van der Waals surface area contributed by atoms with Crippen molar-refractivity contribution >= 4 is 40.1 Å². The summed E-state index contributed by atoms with van der Waals surface area (Å²) in [5, 5.41) is 0.487. The molecule has 0 amide bonds. The van der Waals surface area contributed by atoms with Crippen LogP contribution >= 0.6 is 35.0 Å². The number of carbonyl (C=O) groups excluding carboxylic acids is 1. The molecule has 0 bridgehead atoms. The van der Waals surface area contributed by atoms with Crippen LogP contribution in [0.5, 0.6) is 0 Å². The molecule has 0 fully saturated rings. The molecule has 1 heterocycles. The van der Waals surface area contributed by atoms with Crippen LogP contribution < -0.4 is 0 Å². The maximum absolute atomic E-state index is 11.4. The molecular formula is C13H12Cl2N2OS. The van der Waals surface area contributed by atoms with Crippen molar-refractivity contribution in [2.45, 2.75) is 17.7 Å². The lowest BCUT2D eigenvalue weighted by atomic mass is 10.1. The Labute approximate surface area is 125 Å². The summed E-state index contributed by atoms with van der Waals surface area (Å²) in [4.78, 5) is 15.4. The van der Waals surface area contributed by atoms with Gasteiger partial charge in [0, 0.05) is 24.3 Å². The van der Waals surface area contributed by atoms with Gasteiger partial charge < -0.3 is 4.57 Å². The second-order valence-corrected chi connectivity index (χ2v) is 6.17. The first-order valence-electron chi connectivity index (χ1n) is 5.62. The van der Waals surface area contributed by atoms with Crippen LogP contribution in [0.4, 0.5) is 0 Å². The van der Waals surface area contributed by atoms with Crippen molar-refractivity contribution < 1.29 is 4.79 Å². The van der Waals surface area contributed by atoms with Gasteiger partial charge in [0.15, 0.2) is 5.12 Å². The molecule has 1 aromatic heterocycles. The summed E-state index contributed by atoms with van der Waals surface area (Å²) in [6.45, 7) is 1.53. The van der Waals surface area contributed by atoms with Gasteiger partial charge in [-0.25, -0.2) is 4.98 Å². The molecule has 2 atom stereocenters. The molecule has 100 valence electrons. The van der Waals surface area contributed by atoms with Crippen molar-refractivity contribution in [2.75, 3.05) is 0 Å². The van der Waals surface area contributed by atoms with Crippen LogP contribution in [0, 0.1) is 0 Å². The molecule has 0 spiro atoms. The maximum Gasteiger partial charge on any atom is 0.186 e. The van der Waals surface area contributed by atoms with E-state index in [0.717, 1.165) is 5.56 Å². The minimum Gasteiger partial charge on any atom is -0.319 e. The number of rotatable bonds is 4. The monoisotopic (exact) mass is 314 g/mol. The minimum atomic E-state index is -0.391. The van der Waals surface area contributed by atoms with Crippen molar-refractivity contribution in [1.82, 2.24) is 9.55 Å². The zero-order valence-electron chi connectivity index (χ0n) is 10.2. The van der Waals surface area contributed by atoms with Crippen LogP contribution in [-0.2, 0) is 4.79 Å². The SMILES string of the molecule is CC(=O)SC(c1ccc(Cl)cc1)C(Cl)n1ccnc1. The molecule has 3 nitrogen and oxygen atoms in total. The highest BCUT2D eigenvalue weighted by molar-refractivity contribution is 8.13. The van der Waals surface area contributed by atoms with E-state index in [-0.39, 0.29) is 10.4 Å². The van der Waals surface area contributed by atoms with E-state index in [1.54, 1.807) is 35.4 Å². The van der Waals surface area contributed by atoms with E-state index in [9.17, 15) is 4.79 Å². The lowest BCUT2D eigenvalue weighted by Gasteiger charge is -2.22. The predicted octanol–water partition coefficient (Wildman–Crippen LogP) is 4.29. The summed E-state index contributed by atoms with van der Waals surface area (Å²) in [6.07, 6.45) is 5.08. The Morgan fingerprint density at radius 2 is 2.05 bits per heavy atom. The molecule has 19 heavy (non-hydrogen) atoms. The Hall–Kier alpha value is -0.970. The van der Waals surface area contributed by atoms with E-state index in [0.29, 0.717) is 5.02 Å². The van der Waals surface area contributed by atoms with Crippen molar-refractivity contribution in [1.29, 1.82) is 0 Å². The van der Waals surface area contributed by atoms with Gasteiger partial charge in [0.1, 0.15) is 5.50 Å². The number of benzene rings is 1. The van der Waals surface area contributed by atoms with Gasteiger partial charge >= 0.3 is 0 Å². The largest absolute Gasteiger partial charge is 0.319 e. The van der Waals surface area contributed by atoms with Crippen LogP contribution in [0.3, 0.4) is 0 Å². The second kappa shape index (κ2) is 6.46. The summed E-state index contributed by atoms with van der Waals surface area (Å²) in [6, 6.07) is 7.36. The first-order valence-corrected chi connectivity index (χ1v) is 7.31. The number of alkyl halides is 1. The van der Waals surface area contributed by atoms with Gasteiger partial charge in [0.25, 0.3) is 0 Å². The predicted molar refractivity (Wildman–Crippen MR) is 79.6 cm³/mol. The third-order valence-corrected chi connectivity index (χ3v) is 4.55. The molecule has 2 rings (SSSR count). The average Bonchev–Trinajstić information content (AvgIpc) is 2.90. The fraction of sp³-hybridized carbons (Fsp3) is 0.231. The van der Waals surface area contributed by atoms with E-state index in [2.05, 4.69) is 4.98 Å². The number of halogens is 2. The highest BCUT2D eigenvalue weighted by Gasteiger charge is 2.24. The topological polar surface area (TPSA) is 34.9 Å². The van der Waals surface area contributed by atoms with Crippen LogP contribution in [0.1, 0.15) is 23.2 Å². The third kappa shape index (κ3) is 3.75. The van der Waals surface area contributed by atoms with Crippen LogP contribution in [0.2, 0.25) is 5.02 Å². The van der Waals surface area contributed by atoms with E-state index in [1.807, 2.05) is 12.1 Å². The number of imidazole rings is 1. The fourth-order valence-electron chi connectivity index (χ4n) is 1.69. The van der Waals surface area contributed by atoms with Crippen molar-refractivity contribution in [3.05, 3.63) is 53.6 Å². The Bertz CT molecular complexity index is 542. The van der Waals surface area contributed by atoms with Gasteiger partial charge in [-0.15, -0.1) is 0 Å². The highest BCUT2D eigenvalue weighted by atomic mass is 35.5. The van der Waals surface area contributed by atoms with Gasteiger partial charge in [-0.05, 0) is 17.7 Å². The number of carbonyl (C=O) groups is 1. The lowest BCUT2D eigenvalue weighted by molar-refractivity contribution is -0.109. The van der Waals surface area contributed by atoms with Gasteiger partial charge in [0.2, 0.25) is 0 Å². The second-order valence-electron chi connectivity index (χ2n) is 3.96. The van der Waals surface area contributed by atoms with Crippen LogP contribution in [0.15, 0.2) is 43.0 Å². The Kier molecular flexibility index (Phi) is 4.91. The molecule has 6 heteroatoms. The quantitative estimate of drug-likeness (QED) is 0.789. The molecule has 0 radical (unpaired) electrons. The van der Waals surface area contributed by atoms with E-state index in [1.165, 1.54) is 18.7 Å². The lowest BCUT2D eigenvalue weighted by Crippen LogP contribution is -2.10. The number of nitrogens with zero attached hydrogens (tertiary/aromatic N) is 2. The maximum atomic E-state index is 11.4. The number of aromatic nitrogens is 2. The molecule has 2 unspecified atom stereocenters. The van der Waals surface area contributed by atoms with E-state index >= 15 is 0 Å². The number of hydrogen-bond donors (Lipinski definition) is 0. The fourth-order valence-corrected chi connectivity index (χ4v) is 3.13. The molecule has 1 aromatic carbocycles. The zero-order chi connectivity index (χ0) is 13.8. The van der Waals surface area contributed by atoms with Crippen LogP contribution in [-0.4, -0.2) is 14.7 Å².